The van der Waals surface area contributed by atoms with Gasteiger partial charge in [-0.2, -0.15) is 11.8 Å². The Morgan fingerprint density at radius 3 is 2.62 bits per heavy atom. The van der Waals surface area contributed by atoms with E-state index in [1.165, 1.54) is 0 Å². The molecule has 92 valence electrons. The summed E-state index contributed by atoms with van der Waals surface area (Å²) in [6.45, 7) is 4.71. The van der Waals surface area contributed by atoms with Gasteiger partial charge in [0.05, 0.1) is 5.41 Å². The third-order valence-electron chi connectivity index (χ3n) is 2.75. The van der Waals surface area contributed by atoms with Crippen molar-refractivity contribution < 1.29 is 14.7 Å². The lowest BCUT2D eigenvalue weighted by Gasteiger charge is -2.25. The van der Waals surface area contributed by atoms with Gasteiger partial charge in [-0.05, 0) is 26.0 Å². The number of amides is 1. The van der Waals surface area contributed by atoms with Crippen LogP contribution in [0.1, 0.15) is 26.7 Å². The van der Waals surface area contributed by atoms with E-state index in [-0.39, 0.29) is 12.3 Å². The van der Waals surface area contributed by atoms with Crippen LogP contribution in [0.5, 0.6) is 0 Å². The van der Waals surface area contributed by atoms with E-state index >= 15 is 0 Å². The van der Waals surface area contributed by atoms with Crippen molar-refractivity contribution in [1.29, 1.82) is 0 Å². The minimum absolute atomic E-state index is 0.0325. The molecule has 0 saturated carbocycles. The lowest BCUT2D eigenvalue weighted by atomic mass is 9.89. The summed E-state index contributed by atoms with van der Waals surface area (Å²) in [5.74, 6) is 1.10. The van der Waals surface area contributed by atoms with Gasteiger partial charge in [0, 0.05) is 25.3 Å². The highest BCUT2D eigenvalue weighted by Gasteiger charge is 2.32. The zero-order valence-electron chi connectivity index (χ0n) is 9.86. The van der Waals surface area contributed by atoms with Crippen LogP contribution in [-0.2, 0) is 9.59 Å². The van der Waals surface area contributed by atoms with Crippen LogP contribution in [0.25, 0.3) is 0 Å². The predicted octanol–water partition coefficient (Wildman–Crippen LogP) is 1.45. The van der Waals surface area contributed by atoms with Crippen LogP contribution in [-0.4, -0.2) is 46.5 Å². The topological polar surface area (TPSA) is 57.6 Å². The molecule has 1 aliphatic heterocycles. The highest BCUT2D eigenvalue weighted by Crippen LogP contribution is 2.22. The Labute approximate surface area is 100 Å². The standard InChI is InChI=1S/C11H19NO3S/c1-11(2,10(14)15)8-9(13)12-4-3-6-16-7-5-12/h3-8H2,1-2H3,(H,14,15). The molecule has 1 fully saturated rings. The van der Waals surface area contributed by atoms with Gasteiger partial charge in [-0.25, -0.2) is 0 Å². The number of rotatable bonds is 3. The largest absolute Gasteiger partial charge is 0.481 e. The molecule has 16 heavy (non-hydrogen) atoms. The quantitative estimate of drug-likeness (QED) is 0.817. The van der Waals surface area contributed by atoms with Gasteiger partial charge in [0.1, 0.15) is 0 Å². The zero-order chi connectivity index (χ0) is 12.2. The maximum Gasteiger partial charge on any atom is 0.309 e. The van der Waals surface area contributed by atoms with Crippen molar-refractivity contribution in [3.8, 4) is 0 Å². The zero-order valence-corrected chi connectivity index (χ0v) is 10.7. The molecule has 0 aromatic heterocycles. The molecule has 1 aliphatic rings. The van der Waals surface area contributed by atoms with E-state index in [0.717, 1.165) is 31.0 Å². The third-order valence-corrected chi connectivity index (χ3v) is 3.80. The van der Waals surface area contributed by atoms with Gasteiger partial charge >= 0.3 is 5.97 Å². The average molecular weight is 245 g/mol. The number of carboxylic acids is 1. The minimum atomic E-state index is -0.962. The lowest BCUT2D eigenvalue weighted by molar-refractivity contribution is -0.151. The number of hydrogen-bond acceptors (Lipinski definition) is 3. The molecule has 0 unspecified atom stereocenters. The summed E-state index contributed by atoms with van der Waals surface area (Å²) in [6.07, 6.45) is 1.09. The molecule has 1 rings (SSSR count). The van der Waals surface area contributed by atoms with Crippen molar-refractivity contribution in [2.24, 2.45) is 5.41 Å². The smallest absolute Gasteiger partial charge is 0.309 e. The summed E-state index contributed by atoms with van der Waals surface area (Å²) in [5.41, 5.74) is -0.962. The van der Waals surface area contributed by atoms with E-state index in [1.807, 2.05) is 11.8 Å². The van der Waals surface area contributed by atoms with Crippen molar-refractivity contribution in [3.63, 3.8) is 0 Å². The Morgan fingerprint density at radius 1 is 1.31 bits per heavy atom. The number of carbonyl (C=O) groups excluding carboxylic acids is 1. The van der Waals surface area contributed by atoms with E-state index in [2.05, 4.69) is 0 Å². The van der Waals surface area contributed by atoms with Crippen LogP contribution in [0.15, 0.2) is 0 Å². The van der Waals surface area contributed by atoms with Crippen LogP contribution in [0.4, 0.5) is 0 Å². The molecule has 1 amide bonds. The molecule has 1 N–H and O–H groups in total. The van der Waals surface area contributed by atoms with Crippen molar-refractivity contribution in [3.05, 3.63) is 0 Å². The third kappa shape index (κ3) is 3.70. The summed E-state index contributed by atoms with van der Waals surface area (Å²) >= 11 is 1.85. The first-order chi connectivity index (χ1) is 7.43. The second kappa shape index (κ2) is 5.57. The summed E-state index contributed by atoms with van der Waals surface area (Å²) in [6, 6.07) is 0. The molecular weight excluding hydrogens is 226 g/mol. The molecule has 0 spiro atoms. The summed E-state index contributed by atoms with van der Waals surface area (Å²) < 4.78 is 0. The summed E-state index contributed by atoms with van der Waals surface area (Å²) in [4.78, 5) is 24.7. The van der Waals surface area contributed by atoms with E-state index in [0.29, 0.717) is 0 Å². The molecule has 0 aromatic rings. The molecule has 1 heterocycles. The van der Waals surface area contributed by atoms with E-state index in [9.17, 15) is 9.59 Å². The SMILES string of the molecule is CC(C)(CC(=O)N1CCCSCC1)C(=O)O. The Morgan fingerprint density at radius 2 is 2.00 bits per heavy atom. The Hall–Kier alpha value is -0.710. The van der Waals surface area contributed by atoms with Crippen LogP contribution < -0.4 is 0 Å². The highest BCUT2D eigenvalue weighted by molar-refractivity contribution is 7.99. The number of carbonyl (C=O) groups is 2. The van der Waals surface area contributed by atoms with Crippen molar-refractivity contribution in [2.75, 3.05) is 24.6 Å². The average Bonchev–Trinajstić information content (AvgIpc) is 2.44. The van der Waals surface area contributed by atoms with Crippen LogP contribution in [0, 0.1) is 5.41 Å². The molecular formula is C11H19NO3S. The van der Waals surface area contributed by atoms with Gasteiger partial charge in [0.2, 0.25) is 5.91 Å². The van der Waals surface area contributed by atoms with Crippen molar-refractivity contribution in [1.82, 2.24) is 4.90 Å². The maximum atomic E-state index is 11.9. The first kappa shape index (κ1) is 13.4. The first-order valence-electron chi connectivity index (χ1n) is 5.52. The molecule has 0 aromatic carbocycles. The summed E-state index contributed by atoms with van der Waals surface area (Å²) in [7, 11) is 0. The van der Waals surface area contributed by atoms with Crippen molar-refractivity contribution in [2.45, 2.75) is 26.7 Å². The maximum absolute atomic E-state index is 11.9. The Balaban J connectivity index is 2.53. The molecule has 1 saturated heterocycles. The van der Waals surface area contributed by atoms with Gasteiger partial charge in [-0.1, -0.05) is 0 Å². The van der Waals surface area contributed by atoms with Gasteiger partial charge in [0.15, 0.2) is 0 Å². The second-order valence-corrected chi connectivity index (χ2v) is 5.94. The minimum Gasteiger partial charge on any atom is -0.481 e. The van der Waals surface area contributed by atoms with E-state index < -0.39 is 11.4 Å². The molecule has 4 nitrogen and oxygen atoms in total. The number of hydrogen-bond donors (Lipinski definition) is 1. The number of aliphatic carboxylic acids is 1. The Kier molecular flexibility index (Phi) is 4.65. The van der Waals surface area contributed by atoms with Crippen LogP contribution >= 0.6 is 11.8 Å². The number of carboxylic acid groups (broad SMARTS) is 1. The first-order valence-corrected chi connectivity index (χ1v) is 6.68. The molecule has 0 atom stereocenters. The van der Waals surface area contributed by atoms with Crippen molar-refractivity contribution >= 4 is 23.6 Å². The fraction of sp³-hybridized carbons (Fsp3) is 0.818. The monoisotopic (exact) mass is 245 g/mol. The van der Waals surface area contributed by atoms with Gasteiger partial charge < -0.3 is 10.0 Å². The molecule has 0 radical (unpaired) electrons. The fourth-order valence-electron chi connectivity index (χ4n) is 1.56. The van der Waals surface area contributed by atoms with E-state index in [1.54, 1.807) is 18.7 Å². The van der Waals surface area contributed by atoms with Gasteiger partial charge in [-0.15, -0.1) is 0 Å². The van der Waals surface area contributed by atoms with E-state index in [4.69, 9.17) is 5.11 Å². The van der Waals surface area contributed by atoms with Gasteiger partial charge in [0.25, 0.3) is 0 Å². The number of thioether (sulfide) groups is 1. The van der Waals surface area contributed by atoms with Crippen LogP contribution in [0.2, 0.25) is 0 Å². The molecule has 0 bridgehead atoms. The lowest BCUT2D eigenvalue weighted by Crippen LogP contribution is -2.38. The molecule has 0 aliphatic carbocycles. The second-order valence-electron chi connectivity index (χ2n) is 4.71. The predicted molar refractivity (Wildman–Crippen MR) is 64.6 cm³/mol. The molecule has 5 heteroatoms. The van der Waals surface area contributed by atoms with Crippen LogP contribution in [0.3, 0.4) is 0 Å². The Bertz CT molecular complexity index is 270. The van der Waals surface area contributed by atoms with Gasteiger partial charge in [-0.3, -0.25) is 9.59 Å². The summed E-state index contributed by atoms with van der Waals surface area (Å²) in [5, 5.41) is 8.97. The fourth-order valence-corrected chi connectivity index (χ4v) is 2.45. The highest BCUT2D eigenvalue weighted by atomic mass is 32.2. The number of nitrogens with zero attached hydrogens (tertiary/aromatic N) is 1. The normalized spacial score (nSPS) is 18.0.